The molecule has 2 aromatic rings. The average Bonchev–Trinajstić information content (AvgIpc) is 2.77. The number of halogens is 3. The molecule has 6 heteroatoms. The molecule has 1 heterocycles. The minimum Gasteiger partial charge on any atom is -0.294 e. The second-order valence-electron chi connectivity index (χ2n) is 4.43. The Morgan fingerprint density at radius 1 is 1.30 bits per heavy atom. The Labute approximate surface area is 124 Å². The smallest absolute Gasteiger partial charge is 0.179 e. The molecule has 0 saturated heterocycles. The summed E-state index contributed by atoms with van der Waals surface area (Å²) in [6.45, 7) is 0.538. The van der Waals surface area contributed by atoms with Gasteiger partial charge in [-0.05, 0) is 37.4 Å². The molecule has 0 bridgehead atoms. The maximum Gasteiger partial charge on any atom is 0.179 e. The van der Waals surface area contributed by atoms with Crippen LogP contribution in [0.4, 0.5) is 8.78 Å². The van der Waals surface area contributed by atoms with Gasteiger partial charge in [-0.25, -0.2) is 8.78 Å². The first-order valence-corrected chi connectivity index (χ1v) is 7.06. The molecule has 0 saturated carbocycles. The molecule has 20 heavy (non-hydrogen) atoms. The lowest BCUT2D eigenvalue weighted by molar-refractivity contribution is 0.0939. The number of hydrogen-bond acceptors (Lipinski definition) is 3. The SMILES string of the molecule is CN(CC(=O)c1cc(F)ccc1F)Cc1ccc(Cl)s1. The summed E-state index contributed by atoms with van der Waals surface area (Å²) in [5, 5.41) is 0. The van der Waals surface area contributed by atoms with Crippen molar-refractivity contribution in [1.29, 1.82) is 0 Å². The van der Waals surface area contributed by atoms with E-state index in [2.05, 4.69) is 0 Å². The molecule has 0 aliphatic heterocycles. The molecule has 2 rings (SSSR count). The lowest BCUT2D eigenvalue weighted by atomic mass is 10.1. The van der Waals surface area contributed by atoms with Crippen molar-refractivity contribution in [3.63, 3.8) is 0 Å². The van der Waals surface area contributed by atoms with Crippen molar-refractivity contribution >= 4 is 28.7 Å². The predicted octanol–water partition coefficient (Wildman–Crippen LogP) is 3.99. The van der Waals surface area contributed by atoms with Crippen LogP contribution in [0, 0.1) is 11.6 Å². The van der Waals surface area contributed by atoms with Crippen LogP contribution in [-0.2, 0) is 6.54 Å². The van der Waals surface area contributed by atoms with E-state index in [4.69, 9.17) is 11.6 Å². The van der Waals surface area contributed by atoms with Crippen LogP contribution < -0.4 is 0 Å². The lowest BCUT2D eigenvalue weighted by Crippen LogP contribution is -2.25. The van der Waals surface area contributed by atoms with Gasteiger partial charge in [0.2, 0.25) is 0 Å². The summed E-state index contributed by atoms with van der Waals surface area (Å²) in [6, 6.07) is 6.53. The molecule has 0 unspecified atom stereocenters. The zero-order chi connectivity index (χ0) is 14.7. The fraction of sp³-hybridized carbons (Fsp3) is 0.214. The van der Waals surface area contributed by atoms with Gasteiger partial charge in [-0.2, -0.15) is 0 Å². The summed E-state index contributed by atoms with van der Waals surface area (Å²) >= 11 is 7.25. The Hall–Kier alpha value is -1.30. The molecular weight excluding hydrogens is 304 g/mol. The van der Waals surface area contributed by atoms with Crippen LogP contribution in [0.3, 0.4) is 0 Å². The quantitative estimate of drug-likeness (QED) is 0.777. The number of carbonyl (C=O) groups is 1. The van der Waals surface area contributed by atoms with Gasteiger partial charge in [-0.1, -0.05) is 11.6 Å². The molecule has 0 atom stereocenters. The molecule has 0 radical (unpaired) electrons. The van der Waals surface area contributed by atoms with Crippen LogP contribution in [0.2, 0.25) is 4.34 Å². The van der Waals surface area contributed by atoms with Crippen molar-refractivity contribution in [2.75, 3.05) is 13.6 Å². The standard InChI is InChI=1S/C14H12ClF2NOS/c1-18(7-10-3-5-14(15)20-10)8-13(19)11-6-9(16)2-4-12(11)17/h2-6H,7-8H2,1H3. The van der Waals surface area contributed by atoms with Crippen LogP contribution in [0.5, 0.6) is 0 Å². The summed E-state index contributed by atoms with van der Waals surface area (Å²) in [5.74, 6) is -1.78. The minimum absolute atomic E-state index is 0.00981. The molecule has 1 aromatic heterocycles. The van der Waals surface area contributed by atoms with Gasteiger partial charge in [0.25, 0.3) is 0 Å². The van der Waals surface area contributed by atoms with Gasteiger partial charge in [0, 0.05) is 11.4 Å². The van der Waals surface area contributed by atoms with Crippen molar-refractivity contribution < 1.29 is 13.6 Å². The van der Waals surface area contributed by atoms with Gasteiger partial charge < -0.3 is 0 Å². The number of hydrogen-bond donors (Lipinski definition) is 0. The summed E-state index contributed by atoms with van der Waals surface area (Å²) in [6.07, 6.45) is 0. The van der Waals surface area contributed by atoms with Crippen molar-refractivity contribution in [3.05, 3.63) is 56.7 Å². The number of thiophene rings is 1. The van der Waals surface area contributed by atoms with Gasteiger partial charge in [-0.15, -0.1) is 11.3 Å². The van der Waals surface area contributed by atoms with Crippen LogP contribution in [-0.4, -0.2) is 24.3 Å². The van der Waals surface area contributed by atoms with E-state index in [9.17, 15) is 13.6 Å². The third-order valence-corrected chi connectivity index (χ3v) is 3.91. The number of carbonyl (C=O) groups excluding carboxylic acids is 1. The van der Waals surface area contributed by atoms with E-state index in [0.29, 0.717) is 10.9 Å². The van der Waals surface area contributed by atoms with Gasteiger partial charge in [-0.3, -0.25) is 9.69 Å². The first-order chi connectivity index (χ1) is 9.45. The van der Waals surface area contributed by atoms with Crippen LogP contribution in [0.1, 0.15) is 15.2 Å². The largest absolute Gasteiger partial charge is 0.294 e. The summed E-state index contributed by atoms with van der Waals surface area (Å²) in [7, 11) is 1.74. The van der Waals surface area contributed by atoms with Crippen molar-refractivity contribution in [3.8, 4) is 0 Å². The third-order valence-electron chi connectivity index (χ3n) is 2.70. The van der Waals surface area contributed by atoms with Gasteiger partial charge in [0.1, 0.15) is 11.6 Å². The van der Waals surface area contributed by atoms with E-state index in [-0.39, 0.29) is 12.1 Å². The third kappa shape index (κ3) is 3.85. The second-order valence-corrected chi connectivity index (χ2v) is 6.23. The van der Waals surface area contributed by atoms with Crippen LogP contribution >= 0.6 is 22.9 Å². The number of likely N-dealkylation sites (N-methyl/N-ethyl adjacent to an activating group) is 1. The molecule has 106 valence electrons. The maximum absolute atomic E-state index is 13.5. The number of benzene rings is 1. The van der Waals surface area contributed by atoms with Crippen molar-refractivity contribution in [2.45, 2.75) is 6.54 Å². The number of nitrogens with zero attached hydrogens (tertiary/aromatic N) is 1. The van der Waals surface area contributed by atoms with E-state index in [0.717, 1.165) is 23.1 Å². The average molecular weight is 316 g/mol. The topological polar surface area (TPSA) is 20.3 Å². The van der Waals surface area contributed by atoms with E-state index in [1.165, 1.54) is 11.3 Å². The number of ketones is 1. The Morgan fingerprint density at radius 2 is 2.05 bits per heavy atom. The fourth-order valence-corrected chi connectivity index (χ4v) is 2.97. The monoisotopic (exact) mass is 315 g/mol. The second kappa shape index (κ2) is 6.43. The maximum atomic E-state index is 13.5. The highest BCUT2D eigenvalue weighted by atomic mass is 35.5. The Bertz CT molecular complexity index is 629. The van der Waals surface area contributed by atoms with Crippen molar-refractivity contribution in [1.82, 2.24) is 4.90 Å². The predicted molar refractivity (Wildman–Crippen MR) is 76.4 cm³/mol. The van der Waals surface area contributed by atoms with E-state index < -0.39 is 17.4 Å². The summed E-state index contributed by atoms with van der Waals surface area (Å²) in [5.41, 5.74) is -0.221. The molecular formula is C14H12ClF2NOS. The van der Waals surface area contributed by atoms with E-state index >= 15 is 0 Å². The molecule has 0 aliphatic rings. The zero-order valence-electron chi connectivity index (χ0n) is 10.7. The number of rotatable bonds is 5. The first kappa shape index (κ1) is 15.1. The van der Waals surface area contributed by atoms with Crippen LogP contribution in [0.25, 0.3) is 0 Å². The zero-order valence-corrected chi connectivity index (χ0v) is 12.3. The first-order valence-electron chi connectivity index (χ1n) is 5.86. The highest BCUT2D eigenvalue weighted by molar-refractivity contribution is 7.16. The molecule has 0 N–H and O–H groups in total. The summed E-state index contributed by atoms with van der Waals surface area (Å²) < 4.78 is 27.2. The molecule has 2 nitrogen and oxygen atoms in total. The minimum atomic E-state index is -0.705. The Kier molecular flexibility index (Phi) is 4.86. The molecule has 0 spiro atoms. The highest BCUT2D eigenvalue weighted by Gasteiger charge is 2.15. The summed E-state index contributed by atoms with van der Waals surface area (Å²) in [4.78, 5) is 14.7. The van der Waals surface area contributed by atoms with Crippen molar-refractivity contribution in [2.24, 2.45) is 0 Å². The highest BCUT2D eigenvalue weighted by Crippen LogP contribution is 2.22. The van der Waals surface area contributed by atoms with Gasteiger partial charge >= 0.3 is 0 Å². The molecule has 0 aliphatic carbocycles. The lowest BCUT2D eigenvalue weighted by Gasteiger charge is -2.14. The Morgan fingerprint density at radius 3 is 2.70 bits per heavy atom. The van der Waals surface area contributed by atoms with Gasteiger partial charge in [0.05, 0.1) is 16.4 Å². The molecule has 0 amide bonds. The molecule has 0 fully saturated rings. The van der Waals surface area contributed by atoms with Crippen LogP contribution in [0.15, 0.2) is 30.3 Å². The van der Waals surface area contributed by atoms with E-state index in [1.807, 2.05) is 6.07 Å². The van der Waals surface area contributed by atoms with E-state index in [1.54, 1.807) is 18.0 Å². The number of Topliss-reactive ketones (excluding diaryl/α,β-unsaturated/α-hetero) is 1. The normalized spacial score (nSPS) is 11.1. The van der Waals surface area contributed by atoms with Gasteiger partial charge in [0.15, 0.2) is 5.78 Å². The molecule has 1 aromatic carbocycles. The fourth-order valence-electron chi connectivity index (χ4n) is 1.80. The Balaban J connectivity index is 2.02.